The average molecular weight is 703 g/mol. The zero-order chi connectivity index (χ0) is 34.8. The number of carbonyl (C=O) groups excluding carboxylic acids is 2. The summed E-state index contributed by atoms with van der Waals surface area (Å²) in [5, 5.41) is 3.61. The van der Waals surface area contributed by atoms with Gasteiger partial charge in [0.15, 0.2) is 17.4 Å². The lowest BCUT2D eigenvalue weighted by Crippen LogP contribution is -2.44. The van der Waals surface area contributed by atoms with E-state index in [-0.39, 0.29) is 11.6 Å². The number of Topliss-reactive ketones (excluding diaryl/α,β-unsaturated/α-hetero) is 2. The Morgan fingerprint density at radius 3 is 2.16 bits per heavy atom. The molecular weight excluding hydrogens is 657 g/mol. The molecule has 50 heavy (non-hydrogen) atoms. The van der Waals surface area contributed by atoms with E-state index in [1.807, 2.05) is 11.0 Å². The molecule has 2 unspecified atom stereocenters. The third-order valence-corrected chi connectivity index (χ3v) is 14.1. The number of allylic oxidation sites excluding steroid dienone is 4. The second kappa shape index (κ2) is 12.7. The first-order valence-corrected chi connectivity index (χ1v) is 20.2. The maximum Gasteiger partial charge on any atom is 0.162 e. The van der Waals surface area contributed by atoms with Crippen molar-refractivity contribution in [2.75, 3.05) is 10.2 Å². The highest BCUT2D eigenvalue weighted by molar-refractivity contribution is 7.10. The summed E-state index contributed by atoms with van der Waals surface area (Å²) >= 11 is 3.30. The number of ketones is 2. The maximum absolute atomic E-state index is 14.5. The molecule has 2 aliphatic heterocycles. The number of hydrogen-bond donors (Lipinski definition) is 1. The average Bonchev–Trinajstić information content (AvgIpc) is 3.81. The van der Waals surface area contributed by atoms with Crippen molar-refractivity contribution in [3.63, 3.8) is 0 Å². The molecule has 0 amide bonds. The Kier molecular flexibility index (Phi) is 8.46. The number of hydrogen-bond acceptors (Lipinski definition) is 8. The summed E-state index contributed by atoms with van der Waals surface area (Å²) in [6.07, 6.45) is 6.51. The molecule has 8 heteroatoms. The summed E-state index contributed by atoms with van der Waals surface area (Å²) in [5.74, 6) is 3.39. The van der Waals surface area contributed by atoms with Crippen LogP contribution < -0.4 is 10.2 Å². The molecule has 4 aliphatic rings. The summed E-state index contributed by atoms with van der Waals surface area (Å²) in [4.78, 5) is 43.0. The fourth-order valence-corrected chi connectivity index (χ4v) is 11.8. The molecule has 0 saturated heterocycles. The number of benzene rings is 2. The molecule has 4 atom stereocenters. The number of nitrogens with one attached hydrogen (secondary N) is 1. The van der Waals surface area contributed by atoms with Gasteiger partial charge in [-0.15, -0.1) is 22.7 Å². The first-order valence-electron chi connectivity index (χ1n) is 18.4. The molecule has 258 valence electrons. The molecule has 1 N–H and O–H groups in total. The van der Waals surface area contributed by atoms with Crippen LogP contribution in [0.1, 0.15) is 107 Å². The van der Waals surface area contributed by atoms with Crippen LogP contribution in [0.15, 0.2) is 88.2 Å². The van der Waals surface area contributed by atoms with E-state index in [2.05, 4.69) is 99.4 Å². The van der Waals surface area contributed by atoms with Crippen LogP contribution in [0.4, 0.5) is 17.3 Å². The van der Waals surface area contributed by atoms with Gasteiger partial charge in [0, 0.05) is 41.1 Å². The Labute approximate surface area is 303 Å². The van der Waals surface area contributed by atoms with Gasteiger partial charge in [0.25, 0.3) is 0 Å². The van der Waals surface area contributed by atoms with Crippen molar-refractivity contribution in [1.82, 2.24) is 9.97 Å². The Morgan fingerprint density at radius 2 is 1.46 bits per heavy atom. The zero-order valence-electron chi connectivity index (χ0n) is 29.7. The Morgan fingerprint density at radius 1 is 0.800 bits per heavy atom. The van der Waals surface area contributed by atoms with E-state index in [1.54, 1.807) is 22.7 Å². The molecule has 4 aromatic rings. The van der Waals surface area contributed by atoms with Crippen LogP contribution in [0.3, 0.4) is 0 Å². The number of aromatic nitrogens is 2. The molecule has 0 fully saturated rings. The van der Waals surface area contributed by atoms with Gasteiger partial charge in [-0.3, -0.25) is 14.5 Å². The van der Waals surface area contributed by atoms with E-state index in [0.29, 0.717) is 30.6 Å². The van der Waals surface area contributed by atoms with Crippen molar-refractivity contribution >= 4 is 51.6 Å². The molecule has 0 spiro atoms. The standard InChI is InChI=1S/C42H46N4O2S2/c1-6-12-26-19-32-36(33(47)20-26)42(8-3,28-13-10-9-11-14-28)38-40(44-24-50-38)46(32)30-17-15-29(16-18-30)41(7-2)35-31(45-39-37(41)49-23-43-39)21-27(25(4)5)22-34(35)48/h9-11,13-18,23-27,45H,6-8,12,19-22H2,1-5H3/t26?,27-,41+,42?/m0/s1. The van der Waals surface area contributed by atoms with Gasteiger partial charge < -0.3 is 5.32 Å². The molecule has 8 rings (SSSR count). The minimum absolute atomic E-state index is 0.250. The zero-order valence-corrected chi connectivity index (χ0v) is 31.3. The third kappa shape index (κ3) is 4.77. The number of fused-ring (bicyclic) bond motifs is 2. The second-order valence-electron chi connectivity index (χ2n) is 14.9. The van der Waals surface area contributed by atoms with Crippen LogP contribution in [-0.4, -0.2) is 21.5 Å². The van der Waals surface area contributed by atoms with Crippen molar-refractivity contribution in [1.29, 1.82) is 0 Å². The fourth-order valence-electron chi connectivity index (χ4n) is 9.65. The monoisotopic (exact) mass is 702 g/mol. The van der Waals surface area contributed by atoms with Gasteiger partial charge in [0.05, 0.1) is 31.6 Å². The van der Waals surface area contributed by atoms with Crippen molar-refractivity contribution < 1.29 is 9.59 Å². The third-order valence-electron chi connectivity index (χ3n) is 12.1. The lowest BCUT2D eigenvalue weighted by molar-refractivity contribution is -0.118. The van der Waals surface area contributed by atoms with Gasteiger partial charge in [-0.25, -0.2) is 9.97 Å². The van der Waals surface area contributed by atoms with Gasteiger partial charge in [-0.2, -0.15) is 0 Å². The van der Waals surface area contributed by atoms with Gasteiger partial charge in [-0.1, -0.05) is 83.5 Å². The summed E-state index contributed by atoms with van der Waals surface area (Å²) in [6.45, 7) is 11.1. The number of rotatable bonds is 8. The van der Waals surface area contributed by atoms with Crippen molar-refractivity contribution in [3.8, 4) is 0 Å². The van der Waals surface area contributed by atoms with Crippen molar-refractivity contribution in [2.24, 2.45) is 17.8 Å². The van der Waals surface area contributed by atoms with E-state index >= 15 is 0 Å². The van der Waals surface area contributed by atoms with E-state index in [1.165, 1.54) is 0 Å². The summed E-state index contributed by atoms with van der Waals surface area (Å²) in [5.41, 5.74) is 10.0. The highest BCUT2D eigenvalue weighted by Gasteiger charge is 2.53. The highest BCUT2D eigenvalue weighted by Crippen LogP contribution is 2.59. The Hall–Kier alpha value is -3.88. The Balaban J connectivity index is 1.29. The van der Waals surface area contributed by atoms with Crippen LogP contribution in [0.25, 0.3) is 0 Å². The molecule has 4 heterocycles. The van der Waals surface area contributed by atoms with Crippen LogP contribution in [0, 0.1) is 17.8 Å². The van der Waals surface area contributed by atoms with Crippen LogP contribution in [0.2, 0.25) is 0 Å². The first-order chi connectivity index (χ1) is 24.3. The molecular formula is C42H46N4O2S2. The predicted octanol–water partition coefficient (Wildman–Crippen LogP) is 10.5. The maximum atomic E-state index is 14.5. The lowest BCUT2D eigenvalue weighted by Gasteiger charge is -2.47. The van der Waals surface area contributed by atoms with E-state index in [4.69, 9.17) is 9.97 Å². The van der Waals surface area contributed by atoms with Crippen LogP contribution in [0.5, 0.6) is 0 Å². The molecule has 2 aliphatic carbocycles. The smallest absolute Gasteiger partial charge is 0.162 e. The number of thiazole rings is 2. The molecule has 0 radical (unpaired) electrons. The van der Waals surface area contributed by atoms with Crippen molar-refractivity contribution in [3.05, 3.63) is 109 Å². The molecule has 0 saturated carbocycles. The number of nitrogens with zero attached hydrogens (tertiary/aromatic N) is 3. The normalized spacial score (nSPS) is 26.1. The van der Waals surface area contributed by atoms with Gasteiger partial charge >= 0.3 is 0 Å². The summed E-state index contributed by atoms with van der Waals surface area (Å²) in [6, 6.07) is 19.4. The van der Waals surface area contributed by atoms with E-state index in [0.717, 1.165) is 99.3 Å². The number of anilines is 3. The largest absolute Gasteiger partial charge is 0.342 e. The van der Waals surface area contributed by atoms with Gasteiger partial charge in [0.2, 0.25) is 0 Å². The SMILES string of the molecule is CCCC1CC(=O)C2=C(C1)N(c1ccc([C@]3(CC)C4=C(C[C@H](C(C)C)CC4=O)Nc4ncsc43)cc1)c1ncsc1C2(CC)c1ccccc1. The molecule has 2 aromatic carbocycles. The minimum Gasteiger partial charge on any atom is -0.342 e. The quantitative estimate of drug-likeness (QED) is 0.197. The van der Waals surface area contributed by atoms with Gasteiger partial charge in [-0.05, 0) is 73.1 Å². The topological polar surface area (TPSA) is 75.2 Å². The molecule has 6 nitrogen and oxygen atoms in total. The van der Waals surface area contributed by atoms with Crippen LogP contribution in [-0.2, 0) is 20.4 Å². The molecule has 0 bridgehead atoms. The second-order valence-corrected chi connectivity index (χ2v) is 16.6. The Bertz CT molecular complexity index is 2020. The van der Waals surface area contributed by atoms with E-state index < -0.39 is 10.8 Å². The lowest BCUT2D eigenvalue weighted by atomic mass is 9.63. The first kappa shape index (κ1) is 33.3. The summed E-state index contributed by atoms with van der Waals surface area (Å²) < 4.78 is 0. The van der Waals surface area contributed by atoms with Gasteiger partial charge in [0.1, 0.15) is 5.82 Å². The fraction of sp³-hybridized carbons (Fsp3) is 0.429. The number of carbonyl (C=O) groups is 2. The predicted molar refractivity (Wildman–Crippen MR) is 204 cm³/mol. The van der Waals surface area contributed by atoms with Crippen molar-refractivity contribution in [2.45, 2.75) is 96.8 Å². The van der Waals surface area contributed by atoms with Crippen LogP contribution >= 0.6 is 22.7 Å². The summed E-state index contributed by atoms with van der Waals surface area (Å²) in [7, 11) is 0. The molecule has 2 aromatic heterocycles. The van der Waals surface area contributed by atoms with E-state index in [9.17, 15) is 9.59 Å². The minimum atomic E-state index is -0.565. The highest BCUT2D eigenvalue weighted by atomic mass is 32.1.